The number of aromatic hydroxyl groups is 2. The summed E-state index contributed by atoms with van der Waals surface area (Å²) >= 11 is 0. The van der Waals surface area contributed by atoms with E-state index < -0.39 is 0 Å². The van der Waals surface area contributed by atoms with Crippen LogP contribution in [0.1, 0.15) is 6.92 Å². The Labute approximate surface area is 111 Å². The van der Waals surface area contributed by atoms with E-state index in [-0.39, 0.29) is 11.5 Å². The van der Waals surface area contributed by atoms with E-state index in [1.54, 1.807) is 24.5 Å². The molecule has 0 atom stereocenters. The third-order valence-corrected chi connectivity index (χ3v) is 2.99. The molecule has 2 N–H and O–H groups in total. The maximum Gasteiger partial charge on any atom is 0.168 e. The van der Waals surface area contributed by atoms with Crippen molar-refractivity contribution in [3.63, 3.8) is 0 Å². The lowest BCUT2D eigenvalue weighted by atomic mass is 10.1. The fourth-order valence-electron chi connectivity index (χ4n) is 1.70. The van der Waals surface area contributed by atoms with Crippen LogP contribution in [0.5, 0.6) is 11.5 Å². The van der Waals surface area contributed by atoms with Gasteiger partial charge in [0, 0.05) is 30.4 Å². The van der Waals surface area contributed by atoms with Crippen LogP contribution in [0.2, 0.25) is 0 Å². The van der Waals surface area contributed by atoms with E-state index in [2.05, 4.69) is 21.8 Å². The van der Waals surface area contributed by atoms with Crippen molar-refractivity contribution in [2.75, 3.05) is 20.1 Å². The van der Waals surface area contributed by atoms with Gasteiger partial charge in [0.2, 0.25) is 0 Å². The number of fused-ring (bicyclic) bond motifs is 1. The van der Waals surface area contributed by atoms with Crippen molar-refractivity contribution in [1.82, 2.24) is 9.88 Å². The van der Waals surface area contributed by atoms with Gasteiger partial charge in [0.15, 0.2) is 5.75 Å². The standard InChI is InChI=1S/C14H17N3O2/c1-3-17(2)8-7-15-11-9-12(18)10-5-4-6-16-13(10)14(11)19/h4-7,9,18-19H,3,8H2,1-2H3. The molecule has 0 aliphatic rings. The minimum atomic E-state index is -0.0104. The highest BCUT2D eigenvalue weighted by Gasteiger charge is 2.10. The first-order chi connectivity index (χ1) is 9.13. The van der Waals surface area contributed by atoms with Gasteiger partial charge in [-0.05, 0) is 25.7 Å². The van der Waals surface area contributed by atoms with Gasteiger partial charge in [-0.2, -0.15) is 0 Å². The smallest absolute Gasteiger partial charge is 0.168 e. The molecule has 0 bridgehead atoms. The van der Waals surface area contributed by atoms with Gasteiger partial charge < -0.3 is 15.1 Å². The van der Waals surface area contributed by atoms with Gasteiger partial charge in [0.25, 0.3) is 0 Å². The van der Waals surface area contributed by atoms with Gasteiger partial charge in [-0.15, -0.1) is 0 Å². The molecule has 2 aromatic rings. The minimum absolute atomic E-state index is 0.0104. The number of rotatable bonds is 4. The maximum absolute atomic E-state index is 10.1. The van der Waals surface area contributed by atoms with Gasteiger partial charge in [-0.1, -0.05) is 6.92 Å². The Morgan fingerprint density at radius 2 is 2.21 bits per heavy atom. The Morgan fingerprint density at radius 3 is 2.95 bits per heavy atom. The fourth-order valence-corrected chi connectivity index (χ4v) is 1.70. The van der Waals surface area contributed by atoms with E-state index in [4.69, 9.17) is 0 Å². The molecule has 5 nitrogen and oxygen atoms in total. The Hall–Kier alpha value is -2.14. The molecule has 0 aliphatic heterocycles. The molecule has 1 heterocycles. The van der Waals surface area contributed by atoms with Crippen molar-refractivity contribution in [3.8, 4) is 11.5 Å². The number of nitrogens with zero attached hydrogens (tertiary/aromatic N) is 3. The molecular weight excluding hydrogens is 242 g/mol. The quantitative estimate of drug-likeness (QED) is 0.653. The molecule has 0 saturated carbocycles. The number of phenolic OH excluding ortho intramolecular Hbond substituents is 2. The summed E-state index contributed by atoms with van der Waals surface area (Å²) in [5.41, 5.74) is 0.687. The Kier molecular flexibility index (Phi) is 3.97. The summed E-state index contributed by atoms with van der Waals surface area (Å²) in [4.78, 5) is 10.3. The lowest BCUT2D eigenvalue weighted by Crippen LogP contribution is -2.19. The molecule has 0 saturated heterocycles. The summed E-state index contributed by atoms with van der Waals surface area (Å²) < 4.78 is 0. The van der Waals surface area contributed by atoms with E-state index in [1.807, 2.05) is 7.05 Å². The van der Waals surface area contributed by atoms with E-state index >= 15 is 0 Å². The lowest BCUT2D eigenvalue weighted by Gasteiger charge is -2.09. The summed E-state index contributed by atoms with van der Waals surface area (Å²) in [5, 5.41) is 20.5. The Bertz CT molecular complexity index is 611. The largest absolute Gasteiger partial charge is 0.507 e. The first kappa shape index (κ1) is 13.3. The van der Waals surface area contributed by atoms with Crippen molar-refractivity contribution in [2.24, 2.45) is 4.99 Å². The summed E-state index contributed by atoms with van der Waals surface area (Å²) in [7, 11) is 1.98. The minimum Gasteiger partial charge on any atom is -0.507 e. The molecule has 100 valence electrons. The fraction of sp³-hybridized carbons (Fsp3) is 0.286. The van der Waals surface area contributed by atoms with Crippen molar-refractivity contribution in [3.05, 3.63) is 24.4 Å². The van der Waals surface area contributed by atoms with Crippen LogP contribution in [0.4, 0.5) is 5.69 Å². The first-order valence-corrected chi connectivity index (χ1v) is 6.14. The van der Waals surface area contributed by atoms with Crippen LogP contribution < -0.4 is 0 Å². The number of benzene rings is 1. The number of aromatic nitrogens is 1. The van der Waals surface area contributed by atoms with Crippen LogP contribution in [-0.4, -0.2) is 46.4 Å². The van der Waals surface area contributed by atoms with Crippen LogP contribution in [0.15, 0.2) is 29.4 Å². The Morgan fingerprint density at radius 1 is 1.42 bits per heavy atom. The topological polar surface area (TPSA) is 69.0 Å². The molecule has 0 radical (unpaired) electrons. The highest BCUT2D eigenvalue weighted by Crippen LogP contribution is 2.38. The van der Waals surface area contributed by atoms with Crippen molar-refractivity contribution in [2.45, 2.75) is 6.92 Å². The molecule has 0 fully saturated rings. The molecule has 0 amide bonds. The third kappa shape index (κ3) is 2.82. The summed E-state index contributed by atoms with van der Waals surface area (Å²) in [6, 6.07) is 4.86. The van der Waals surface area contributed by atoms with Crippen molar-refractivity contribution >= 4 is 22.8 Å². The van der Waals surface area contributed by atoms with Crippen LogP contribution in [0, 0.1) is 0 Å². The number of hydrogen-bond acceptors (Lipinski definition) is 5. The van der Waals surface area contributed by atoms with Crippen LogP contribution >= 0.6 is 0 Å². The molecule has 2 rings (SSSR count). The highest BCUT2D eigenvalue weighted by molar-refractivity contribution is 5.94. The van der Waals surface area contributed by atoms with E-state index in [1.165, 1.54) is 6.07 Å². The predicted molar refractivity (Wildman–Crippen MR) is 76.4 cm³/mol. The molecule has 1 aromatic heterocycles. The second-order valence-electron chi connectivity index (χ2n) is 4.33. The summed E-state index contributed by atoms with van der Waals surface area (Å²) in [6.45, 7) is 3.65. The number of aliphatic imine (C=N–C) groups is 1. The van der Waals surface area contributed by atoms with E-state index in [0.29, 0.717) is 23.1 Å². The van der Waals surface area contributed by atoms with Crippen LogP contribution in [0.25, 0.3) is 10.9 Å². The van der Waals surface area contributed by atoms with E-state index in [9.17, 15) is 10.2 Å². The lowest BCUT2D eigenvalue weighted by molar-refractivity contribution is 0.406. The predicted octanol–water partition coefficient (Wildman–Crippen LogP) is 2.30. The van der Waals surface area contributed by atoms with Crippen LogP contribution in [-0.2, 0) is 0 Å². The average Bonchev–Trinajstić information content (AvgIpc) is 2.44. The number of phenols is 2. The van der Waals surface area contributed by atoms with E-state index in [0.717, 1.165) is 6.54 Å². The molecule has 0 unspecified atom stereocenters. The van der Waals surface area contributed by atoms with Crippen molar-refractivity contribution < 1.29 is 10.2 Å². The van der Waals surface area contributed by atoms with Gasteiger partial charge in [0.05, 0.1) is 0 Å². The Balaban J connectivity index is 2.37. The summed E-state index contributed by atoms with van der Waals surface area (Å²) in [5.74, 6) is 0.0562. The molecule has 1 aromatic carbocycles. The molecular formula is C14H17N3O2. The molecule has 19 heavy (non-hydrogen) atoms. The van der Waals surface area contributed by atoms with Crippen molar-refractivity contribution in [1.29, 1.82) is 0 Å². The average molecular weight is 259 g/mol. The van der Waals surface area contributed by atoms with Gasteiger partial charge in [0.1, 0.15) is 17.0 Å². The van der Waals surface area contributed by atoms with Gasteiger partial charge in [-0.25, -0.2) is 0 Å². The van der Waals surface area contributed by atoms with Gasteiger partial charge in [-0.3, -0.25) is 9.98 Å². The number of hydrogen-bond donors (Lipinski definition) is 2. The zero-order valence-electron chi connectivity index (χ0n) is 11.0. The second kappa shape index (κ2) is 5.67. The maximum atomic E-state index is 10.1. The third-order valence-electron chi connectivity index (χ3n) is 2.99. The number of pyridine rings is 1. The monoisotopic (exact) mass is 259 g/mol. The highest BCUT2D eigenvalue weighted by atomic mass is 16.3. The van der Waals surface area contributed by atoms with Crippen LogP contribution in [0.3, 0.4) is 0 Å². The molecule has 5 heteroatoms. The van der Waals surface area contributed by atoms with Gasteiger partial charge >= 0.3 is 0 Å². The molecule has 0 spiro atoms. The first-order valence-electron chi connectivity index (χ1n) is 6.14. The summed E-state index contributed by atoms with van der Waals surface area (Å²) in [6.07, 6.45) is 3.27. The molecule has 0 aliphatic carbocycles. The normalized spacial score (nSPS) is 11.7. The zero-order valence-corrected chi connectivity index (χ0v) is 11.0. The second-order valence-corrected chi connectivity index (χ2v) is 4.33. The SMILES string of the molecule is CCN(C)CC=Nc1cc(O)c2cccnc2c1O. The zero-order chi connectivity index (χ0) is 13.8.